The van der Waals surface area contributed by atoms with Gasteiger partial charge >= 0.3 is 0 Å². The Labute approximate surface area is 171 Å². The number of benzene rings is 2. The molecule has 0 spiro atoms. The fourth-order valence-electron chi connectivity index (χ4n) is 4.44. The fraction of sp³-hybridized carbons (Fsp3) is 0.375. The zero-order chi connectivity index (χ0) is 20.5. The summed E-state index contributed by atoms with van der Waals surface area (Å²) in [5, 5.41) is 17.0. The van der Waals surface area contributed by atoms with E-state index in [0.717, 1.165) is 29.7 Å². The maximum Gasteiger partial charge on any atom is 0.253 e. The minimum Gasteiger partial charge on any atom is -0.504 e. The number of phenolic OH excluding ortho intramolecular Hbond substituents is 1. The van der Waals surface area contributed by atoms with Crippen LogP contribution in [0, 0.1) is 5.92 Å². The number of nitrogens with one attached hydrogen (secondary N) is 2. The van der Waals surface area contributed by atoms with Crippen LogP contribution in [0.3, 0.4) is 0 Å². The number of carbonyl (C=O) groups is 1. The van der Waals surface area contributed by atoms with Crippen molar-refractivity contribution in [2.24, 2.45) is 5.92 Å². The summed E-state index contributed by atoms with van der Waals surface area (Å²) in [6, 6.07) is 11.6. The van der Waals surface area contributed by atoms with Gasteiger partial charge in [-0.05, 0) is 55.0 Å². The Kier molecular flexibility index (Phi) is 5.22. The van der Waals surface area contributed by atoms with E-state index in [9.17, 15) is 9.90 Å². The molecular weight excluding hydrogens is 364 g/mol. The third kappa shape index (κ3) is 3.46. The normalized spacial score (nSPS) is 22.9. The molecule has 1 aliphatic carbocycles. The Morgan fingerprint density at radius 1 is 1.34 bits per heavy atom. The molecule has 4 unspecified atom stereocenters. The van der Waals surface area contributed by atoms with Crippen molar-refractivity contribution in [3.05, 3.63) is 65.2 Å². The van der Waals surface area contributed by atoms with Gasteiger partial charge in [-0.3, -0.25) is 4.79 Å². The van der Waals surface area contributed by atoms with Crippen molar-refractivity contribution in [1.82, 2.24) is 5.32 Å². The minimum absolute atomic E-state index is 0.00291. The lowest BCUT2D eigenvalue weighted by Crippen LogP contribution is -2.35. The monoisotopic (exact) mass is 392 g/mol. The number of hydrogen-bond donors (Lipinski definition) is 3. The number of allylic oxidation sites excluding steroid dienone is 2. The van der Waals surface area contributed by atoms with Crippen LogP contribution >= 0.6 is 0 Å². The predicted molar refractivity (Wildman–Crippen MR) is 115 cm³/mol. The lowest BCUT2D eigenvalue weighted by Gasteiger charge is -2.38. The van der Waals surface area contributed by atoms with Crippen molar-refractivity contribution in [3.8, 4) is 11.5 Å². The van der Waals surface area contributed by atoms with Gasteiger partial charge in [0.05, 0.1) is 24.4 Å². The number of para-hydroxylation sites is 1. The van der Waals surface area contributed by atoms with Crippen LogP contribution in [-0.2, 0) is 0 Å². The molecule has 0 fully saturated rings. The maximum absolute atomic E-state index is 12.9. The molecule has 1 amide bonds. The van der Waals surface area contributed by atoms with Crippen molar-refractivity contribution in [2.45, 2.75) is 44.7 Å². The Bertz CT molecular complexity index is 953. The topological polar surface area (TPSA) is 70.6 Å². The number of rotatable bonds is 5. The van der Waals surface area contributed by atoms with Gasteiger partial charge in [-0.15, -0.1) is 0 Å². The standard InChI is InChI=1S/C24H28N2O3/c1-4-14(2)25-24(28)19-10-6-9-18-16-7-5-8-17(16)22(26-23(18)19)15-11-12-21(29-3)20(27)13-15/h5-7,9-14,16-17,22,26-27H,4,8H2,1-3H3,(H,25,28). The van der Waals surface area contributed by atoms with Gasteiger partial charge in [-0.2, -0.15) is 0 Å². The van der Waals surface area contributed by atoms with E-state index in [1.54, 1.807) is 19.2 Å². The number of carbonyl (C=O) groups excluding carboxylic acids is 1. The lowest BCUT2D eigenvalue weighted by atomic mass is 9.76. The highest BCUT2D eigenvalue weighted by Crippen LogP contribution is 2.51. The van der Waals surface area contributed by atoms with Crippen molar-refractivity contribution in [2.75, 3.05) is 12.4 Å². The molecule has 0 saturated carbocycles. The second-order valence-electron chi connectivity index (χ2n) is 7.96. The summed E-state index contributed by atoms with van der Waals surface area (Å²) in [5.74, 6) is 1.11. The zero-order valence-corrected chi connectivity index (χ0v) is 17.1. The van der Waals surface area contributed by atoms with E-state index in [1.165, 1.54) is 0 Å². The number of phenols is 1. The van der Waals surface area contributed by atoms with Gasteiger partial charge in [0.25, 0.3) is 5.91 Å². The molecular formula is C24H28N2O3. The Morgan fingerprint density at radius 2 is 2.17 bits per heavy atom. The Hall–Kier alpha value is -2.95. The van der Waals surface area contributed by atoms with Crippen LogP contribution in [0.5, 0.6) is 11.5 Å². The number of amides is 1. The van der Waals surface area contributed by atoms with Crippen LogP contribution in [0.2, 0.25) is 0 Å². The van der Waals surface area contributed by atoms with E-state index < -0.39 is 0 Å². The highest BCUT2D eigenvalue weighted by molar-refractivity contribution is 6.01. The molecule has 152 valence electrons. The highest BCUT2D eigenvalue weighted by atomic mass is 16.5. The molecule has 1 heterocycles. The number of hydrogen-bond acceptors (Lipinski definition) is 4. The Balaban J connectivity index is 1.74. The third-order valence-corrected chi connectivity index (χ3v) is 6.19. The van der Waals surface area contributed by atoms with Gasteiger partial charge in [0.1, 0.15) is 0 Å². The average Bonchev–Trinajstić information content (AvgIpc) is 3.22. The fourth-order valence-corrected chi connectivity index (χ4v) is 4.44. The van der Waals surface area contributed by atoms with Crippen LogP contribution in [-0.4, -0.2) is 24.2 Å². The summed E-state index contributed by atoms with van der Waals surface area (Å²) in [6.45, 7) is 4.07. The van der Waals surface area contributed by atoms with Gasteiger partial charge in [0.15, 0.2) is 11.5 Å². The van der Waals surface area contributed by atoms with Crippen molar-refractivity contribution < 1.29 is 14.6 Å². The molecule has 2 aromatic rings. The zero-order valence-electron chi connectivity index (χ0n) is 17.1. The molecule has 2 aromatic carbocycles. The summed E-state index contributed by atoms with van der Waals surface area (Å²) in [5.41, 5.74) is 3.71. The molecule has 5 heteroatoms. The number of methoxy groups -OCH3 is 1. The number of fused-ring (bicyclic) bond motifs is 3. The molecule has 0 aromatic heterocycles. The van der Waals surface area contributed by atoms with E-state index >= 15 is 0 Å². The van der Waals surface area contributed by atoms with Gasteiger partial charge in [-0.25, -0.2) is 0 Å². The molecule has 3 N–H and O–H groups in total. The molecule has 4 rings (SSSR count). The molecule has 0 bridgehead atoms. The molecule has 1 aliphatic heterocycles. The number of aromatic hydroxyl groups is 1. The van der Waals surface area contributed by atoms with Gasteiger partial charge in [-0.1, -0.05) is 37.3 Å². The summed E-state index contributed by atoms with van der Waals surface area (Å²) in [4.78, 5) is 12.9. The van der Waals surface area contributed by atoms with Crippen molar-refractivity contribution >= 4 is 11.6 Å². The largest absolute Gasteiger partial charge is 0.504 e. The summed E-state index contributed by atoms with van der Waals surface area (Å²) < 4.78 is 5.19. The maximum atomic E-state index is 12.9. The SMILES string of the molecule is CCC(C)NC(=O)c1cccc2c1NC(c1ccc(OC)c(O)c1)C1CC=CC21. The van der Waals surface area contributed by atoms with E-state index in [-0.39, 0.29) is 29.7 Å². The first-order chi connectivity index (χ1) is 14.0. The van der Waals surface area contributed by atoms with E-state index in [4.69, 9.17) is 4.74 Å². The van der Waals surface area contributed by atoms with Crippen LogP contribution in [0.25, 0.3) is 0 Å². The molecule has 2 aliphatic rings. The van der Waals surface area contributed by atoms with Crippen LogP contribution in [0.4, 0.5) is 5.69 Å². The van der Waals surface area contributed by atoms with Gasteiger partial charge in [0, 0.05) is 12.0 Å². The van der Waals surface area contributed by atoms with Crippen LogP contribution < -0.4 is 15.4 Å². The molecule has 5 nitrogen and oxygen atoms in total. The summed E-state index contributed by atoms with van der Waals surface area (Å²) in [7, 11) is 1.54. The first kappa shape index (κ1) is 19.4. The van der Waals surface area contributed by atoms with E-state index in [2.05, 4.69) is 35.8 Å². The minimum atomic E-state index is -0.0551. The van der Waals surface area contributed by atoms with Crippen LogP contribution in [0.15, 0.2) is 48.6 Å². The third-order valence-electron chi connectivity index (χ3n) is 6.19. The molecule has 4 atom stereocenters. The van der Waals surface area contributed by atoms with Crippen molar-refractivity contribution in [1.29, 1.82) is 0 Å². The van der Waals surface area contributed by atoms with Gasteiger partial charge in [0.2, 0.25) is 0 Å². The molecule has 0 radical (unpaired) electrons. The summed E-state index contributed by atoms with van der Waals surface area (Å²) in [6.07, 6.45) is 6.30. The lowest BCUT2D eigenvalue weighted by molar-refractivity contribution is 0.0939. The quantitative estimate of drug-likeness (QED) is 0.642. The summed E-state index contributed by atoms with van der Waals surface area (Å²) >= 11 is 0. The van der Waals surface area contributed by atoms with Crippen molar-refractivity contribution in [3.63, 3.8) is 0 Å². The van der Waals surface area contributed by atoms with E-state index in [0.29, 0.717) is 17.2 Å². The smallest absolute Gasteiger partial charge is 0.253 e. The number of ether oxygens (including phenoxy) is 1. The van der Waals surface area contributed by atoms with E-state index in [1.807, 2.05) is 25.1 Å². The first-order valence-electron chi connectivity index (χ1n) is 10.3. The molecule has 0 saturated heterocycles. The van der Waals surface area contributed by atoms with Crippen LogP contribution in [0.1, 0.15) is 60.1 Å². The first-order valence-corrected chi connectivity index (χ1v) is 10.3. The van der Waals surface area contributed by atoms with Gasteiger partial charge < -0.3 is 20.5 Å². The second-order valence-corrected chi connectivity index (χ2v) is 7.96. The predicted octanol–water partition coefficient (Wildman–Crippen LogP) is 4.76. The second kappa shape index (κ2) is 7.82. The molecule has 29 heavy (non-hydrogen) atoms. The highest BCUT2D eigenvalue weighted by Gasteiger charge is 2.39. The Morgan fingerprint density at radius 3 is 2.90 bits per heavy atom. The number of anilines is 1. The average molecular weight is 392 g/mol.